The Morgan fingerprint density at radius 3 is 2.00 bits per heavy atom. The summed E-state index contributed by atoms with van der Waals surface area (Å²) in [6.07, 6.45) is 2.95. The molecule has 0 aromatic heterocycles. The quantitative estimate of drug-likeness (QED) is 0.526. The third kappa shape index (κ3) is 4.33. The molecule has 0 radical (unpaired) electrons. The lowest BCUT2D eigenvalue weighted by molar-refractivity contribution is -0.150. The van der Waals surface area contributed by atoms with E-state index in [1.165, 1.54) is 6.92 Å². The van der Waals surface area contributed by atoms with Gasteiger partial charge in [0.1, 0.15) is 11.2 Å². The molecule has 0 N–H and O–H groups in total. The topological polar surface area (TPSA) is 35.5 Å². The molecule has 22 heavy (non-hydrogen) atoms. The van der Waals surface area contributed by atoms with E-state index in [4.69, 9.17) is 9.16 Å². The highest BCUT2D eigenvalue weighted by molar-refractivity contribution is 6.81. The molecule has 5 heteroatoms. The van der Waals surface area contributed by atoms with E-state index in [9.17, 15) is 4.79 Å². The third-order valence-corrected chi connectivity index (χ3v) is 10.5. The Hall–Kier alpha value is -0.396. The van der Waals surface area contributed by atoms with E-state index in [0.717, 1.165) is 6.42 Å². The van der Waals surface area contributed by atoms with Gasteiger partial charge in [0.15, 0.2) is 8.32 Å². The molecule has 0 amide bonds. The predicted octanol–water partition coefficient (Wildman–Crippen LogP) is 4.91. The van der Waals surface area contributed by atoms with Crippen LogP contribution in [0.15, 0.2) is 11.8 Å². The molecule has 3 nitrogen and oxygen atoms in total. The molecular formula is C17H34O3Si2. The van der Waals surface area contributed by atoms with Crippen LogP contribution in [0.25, 0.3) is 0 Å². The van der Waals surface area contributed by atoms with Crippen molar-refractivity contribution >= 4 is 22.4 Å². The summed E-state index contributed by atoms with van der Waals surface area (Å²) in [7, 11) is -3.28. The summed E-state index contributed by atoms with van der Waals surface area (Å²) in [5.41, 5.74) is 1.35. The molecule has 1 fully saturated rings. The highest BCUT2D eigenvalue weighted by Crippen LogP contribution is 2.58. The number of carbonyl (C=O) groups excluding carboxylic acids is 1. The number of esters is 1. The molecule has 0 heterocycles. The number of ether oxygens (including phenoxy) is 1. The fourth-order valence-electron chi connectivity index (χ4n) is 2.30. The van der Waals surface area contributed by atoms with E-state index in [-0.39, 0.29) is 11.0 Å². The SMILES string of the molecule is CC(=O)O[C@]1(C)C[C@@]1(/C=C/[Si](C)(C)C)O[Si](C)(C)C(C)(C)C. The highest BCUT2D eigenvalue weighted by Gasteiger charge is 2.69. The molecule has 128 valence electrons. The average Bonchev–Trinajstić information content (AvgIpc) is 2.75. The first-order chi connectivity index (χ1) is 9.54. The molecule has 0 aliphatic heterocycles. The molecule has 2 atom stereocenters. The molecule has 0 aromatic carbocycles. The normalized spacial score (nSPS) is 29.7. The van der Waals surface area contributed by atoms with Gasteiger partial charge in [-0.3, -0.25) is 4.79 Å². The van der Waals surface area contributed by atoms with Crippen LogP contribution in [0.1, 0.15) is 41.0 Å². The average molecular weight is 343 g/mol. The van der Waals surface area contributed by atoms with Gasteiger partial charge in [-0.25, -0.2) is 0 Å². The van der Waals surface area contributed by atoms with Gasteiger partial charge in [-0.1, -0.05) is 52.2 Å². The third-order valence-electron chi connectivity index (χ3n) is 4.84. The zero-order chi connectivity index (χ0) is 17.6. The molecule has 1 saturated carbocycles. The van der Waals surface area contributed by atoms with E-state index >= 15 is 0 Å². The number of carbonyl (C=O) groups is 1. The second kappa shape index (κ2) is 5.60. The minimum atomic E-state index is -1.94. The summed E-state index contributed by atoms with van der Waals surface area (Å²) in [5.74, 6) is -0.232. The molecule has 1 aliphatic rings. The van der Waals surface area contributed by atoms with Crippen LogP contribution >= 0.6 is 0 Å². The van der Waals surface area contributed by atoms with Crippen molar-refractivity contribution in [1.82, 2.24) is 0 Å². The van der Waals surface area contributed by atoms with Crippen molar-refractivity contribution in [2.45, 2.75) is 90.0 Å². The van der Waals surface area contributed by atoms with Gasteiger partial charge in [0.05, 0.1) is 8.07 Å². The van der Waals surface area contributed by atoms with Crippen molar-refractivity contribution in [3.05, 3.63) is 11.8 Å². The minimum absolute atomic E-state index is 0.132. The molecular weight excluding hydrogens is 308 g/mol. The van der Waals surface area contributed by atoms with Crippen LogP contribution in [0.5, 0.6) is 0 Å². The summed E-state index contributed by atoms with van der Waals surface area (Å²) < 4.78 is 12.3. The first-order valence-electron chi connectivity index (χ1n) is 8.14. The first-order valence-corrected chi connectivity index (χ1v) is 14.6. The van der Waals surface area contributed by atoms with Crippen LogP contribution in [0.4, 0.5) is 0 Å². The van der Waals surface area contributed by atoms with E-state index in [1.807, 2.05) is 6.92 Å². The monoisotopic (exact) mass is 342 g/mol. The number of hydrogen-bond acceptors (Lipinski definition) is 3. The van der Waals surface area contributed by atoms with Crippen molar-refractivity contribution in [1.29, 1.82) is 0 Å². The van der Waals surface area contributed by atoms with Gasteiger partial charge in [0.2, 0.25) is 0 Å². The Labute approximate surface area is 138 Å². The zero-order valence-corrected chi connectivity index (χ0v) is 18.1. The Bertz CT molecular complexity index is 471. The van der Waals surface area contributed by atoms with Crippen molar-refractivity contribution in [2.24, 2.45) is 0 Å². The van der Waals surface area contributed by atoms with Crippen molar-refractivity contribution in [3.63, 3.8) is 0 Å². The molecule has 1 aliphatic carbocycles. The number of hydrogen-bond donors (Lipinski definition) is 0. The summed E-state index contributed by atoms with van der Waals surface area (Å²) in [4.78, 5) is 11.5. The lowest BCUT2D eigenvalue weighted by Gasteiger charge is -2.40. The van der Waals surface area contributed by atoms with Crippen LogP contribution in [0.2, 0.25) is 37.8 Å². The van der Waals surface area contributed by atoms with Crippen LogP contribution < -0.4 is 0 Å². The molecule has 0 unspecified atom stereocenters. The van der Waals surface area contributed by atoms with Gasteiger partial charge < -0.3 is 9.16 Å². The fourth-order valence-corrected chi connectivity index (χ4v) is 4.65. The minimum Gasteiger partial charge on any atom is -0.456 e. The standard InChI is InChI=1S/C17H34O3Si2/c1-14(18)19-16(5)13-17(16,11-12-21(6,7)8)20-22(9,10)15(2,3)4/h11-12H,13H2,1-10H3/b12-11+/t16-,17-/m1/s1. The van der Waals surface area contributed by atoms with E-state index in [1.54, 1.807) is 0 Å². The van der Waals surface area contributed by atoms with Gasteiger partial charge in [-0.15, -0.1) is 0 Å². The summed E-state index contributed by atoms with van der Waals surface area (Å²) in [6, 6.07) is 0. The van der Waals surface area contributed by atoms with Gasteiger partial charge >= 0.3 is 5.97 Å². The molecule has 0 bridgehead atoms. The molecule has 0 spiro atoms. The number of rotatable bonds is 5. The summed E-state index contributed by atoms with van der Waals surface area (Å²) in [6.45, 7) is 21.6. The van der Waals surface area contributed by atoms with Gasteiger partial charge in [-0.2, -0.15) is 0 Å². The van der Waals surface area contributed by atoms with Crippen LogP contribution in [-0.4, -0.2) is 33.6 Å². The van der Waals surface area contributed by atoms with Crippen molar-refractivity contribution in [3.8, 4) is 0 Å². The van der Waals surface area contributed by atoms with Gasteiger partial charge in [-0.05, 0) is 25.1 Å². The lowest BCUT2D eigenvalue weighted by Crippen LogP contribution is -2.47. The van der Waals surface area contributed by atoms with Crippen LogP contribution in [0, 0.1) is 0 Å². The maximum absolute atomic E-state index is 11.5. The second-order valence-electron chi connectivity index (χ2n) is 9.45. The van der Waals surface area contributed by atoms with Gasteiger partial charge in [0, 0.05) is 13.3 Å². The Morgan fingerprint density at radius 1 is 1.14 bits per heavy atom. The Morgan fingerprint density at radius 2 is 1.64 bits per heavy atom. The van der Waals surface area contributed by atoms with E-state index in [0.29, 0.717) is 0 Å². The van der Waals surface area contributed by atoms with E-state index < -0.39 is 27.6 Å². The highest BCUT2D eigenvalue weighted by atomic mass is 28.4. The fraction of sp³-hybridized carbons (Fsp3) is 0.824. The van der Waals surface area contributed by atoms with Gasteiger partial charge in [0.25, 0.3) is 0 Å². The summed E-state index contributed by atoms with van der Waals surface area (Å²) >= 11 is 0. The largest absolute Gasteiger partial charge is 0.456 e. The van der Waals surface area contributed by atoms with Crippen LogP contribution in [0.3, 0.4) is 0 Å². The Kier molecular flexibility index (Phi) is 5.00. The molecule has 0 saturated heterocycles. The maximum Gasteiger partial charge on any atom is 0.303 e. The predicted molar refractivity (Wildman–Crippen MR) is 98.3 cm³/mol. The van der Waals surface area contributed by atoms with Crippen molar-refractivity contribution in [2.75, 3.05) is 0 Å². The van der Waals surface area contributed by atoms with E-state index in [2.05, 4.69) is 65.3 Å². The lowest BCUT2D eigenvalue weighted by atomic mass is 10.2. The maximum atomic E-state index is 11.5. The first kappa shape index (κ1) is 19.7. The Balaban J connectivity index is 3.12. The summed E-state index contributed by atoms with van der Waals surface area (Å²) in [5, 5.41) is 0.132. The second-order valence-corrected chi connectivity index (χ2v) is 19.2. The molecule has 1 rings (SSSR count). The molecule has 0 aromatic rings. The van der Waals surface area contributed by atoms with Crippen LogP contribution in [-0.2, 0) is 14.0 Å². The van der Waals surface area contributed by atoms with Crippen molar-refractivity contribution < 1.29 is 14.0 Å². The zero-order valence-electron chi connectivity index (χ0n) is 16.1. The smallest absolute Gasteiger partial charge is 0.303 e.